The molecular formula is C12H27NO2. The maximum Gasteiger partial charge on any atom is 0.0558 e. The molecule has 3 nitrogen and oxygen atoms in total. The zero-order valence-corrected chi connectivity index (χ0v) is 10.3. The third-order valence-electron chi connectivity index (χ3n) is 2.89. The van der Waals surface area contributed by atoms with E-state index in [0.717, 1.165) is 6.54 Å². The molecule has 0 fully saturated rings. The van der Waals surface area contributed by atoms with E-state index < -0.39 is 0 Å². The van der Waals surface area contributed by atoms with Crippen molar-refractivity contribution in [1.29, 1.82) is 0 Å². The number of hydrogen-bond acceptors (Lipinski definition) is 3. The Labute approximate surface area is 94.1 Å². The van der Waals surface area contributed by atoms with Crippen LogP contribution in [0, 0.1) is 5.92 Å². The molecule has 0 aromatic rings. The SMILES string of the molecule is CCCCC(CC)CN(CCO)CCO. The van der Waals surface area contributed by atoms with Crippen LogP contribution in [0.5, 0.6) is 0 Å². The van der Waals surface area contributed by atoms with E-state index in [2.05, 4.69) is 18.7 Å². The highest BCUT2D eigenvalue weighted by atomic mass is 16.3. The molecule has 0 saturated carbocycles. The average Bonchev–Trinajstić information content (AvgIpc) is 2.24. The molecule has 0 radical (unpaired) electrons. The highest BCUT2D eigenvalue weighted by molar-refractivity contribution is 4.65. The van der Waals surface area contributed by atoms with Gasteiger partial charge in [-0.1, -0.05) is 33.1 Å². The molecule has 0 aliphatic heterocycles. The summed E-state index contributed by atoms with van der Waals surface area (Å²) in [7, 11) is 0. The second kappa shape index (κ2) is 10.4. The quantitative estimate of drug-likeness (QED) is 0.582. The normalized spacial score (nSPS) is 13.4. The van der Waals surface area contributed by atoms with Crippen molar-refractivity contribution in [2.45, 2.75) is 39.5 Å². The van der Waals surface area contributed by atoms with Gasteiger partial charge in [-0.15, -0.1) is 0 Å². The van der Waals surface area contributed by atoms with Gasteiger partial charge in [-0.05, 0) is 12.3 Å². The van der Waals surface area contributed by atoms with Gasteiger partial charge in [0.2, 0.25) is 0 Å². The minimum Gasteiger partial charge on any atom is -0.395 e. The largest absolute Gasteiger partial charge is 0.395 e. The minimum absolute atomic E-state index is 0.185. The van der Waals surface area contributed by atoms with Crippen LogP contribution in [0.25, 0.3) is 0 Å². The summed E-state index contributed by atoms with van der Waals surface area (Å²) < 4.78 is 0. The summed E-state index contributed by atoms with van der Waals surface area (Å²) in [4.78, 5) is 2.16. The smallest absolute Gasteiger partial charge is 0.0558 e. The number of hydrogen-bond donors (Lipinski definition) is 2. The first kappa shape index (κ1) is 14.9. The summed E-state index contributed by atoms with van der Waals surface area (Å²) in [5.41, 5.74) is 0. The third kappa shape index (κ3) is 7.77. The van der Waals surface area contributed by atoms with Crippen LogP contribution in [-0.2, 0) is 0 Å². The van der Waals surface area contributed by atoms with Crippen LogP contribution in [0.2, 0.25) is 0 Å². The molecule has 2 N–H and O–H groups in total. The Bertz CT molecular complexity index is 125. The molecule has 0 aromatic carbocycles. The van der Waals surface area contributed by atoms with E-state index in [-0.39, 0.29) is 13.2 Å². The minimum atomic E-state index is 0.185. The highest BCUT2D eigenvalue weighted by Gasteiger charge is 2.11. The maximum atomic E-state index is 8.90. The van der Waals surface area contributed by atoms with Gasteiger partial charge in [-0.25, -0.2) is 0 Å². The van der Waals surface area contributed by atoms with E-state index in [9.17, 15) is 0 Å². The summed E-state index contributed by atoms with van der Waals surface area (Å²) in [6, 6.07) is 0. The Balaban J connectivity index is 3.85. The lowest BCUT2D eigenvalue weighted by molar-refractivity contribution is 0.140. The van der Waals surface area contributed by atoms with Gasteiger partial charge in [-0.2, -0.15) is 0 Å². The summed E-state index contributed by atoms with van der Waals surface area (Å²) in [6.45, 7) is 7.18. The molecule has 1 unspecified atom stereocenters. The van der Waals surface area contributed by atoms with E-state index >= 15 is 0 Å². The van der Waals surface area contributed by atoms with Crippen LogP contribution in [0.3, 0.4) is 0 Å². The fraction of sp³-hybridized carbons (Fsp3) is 1.00. The predicted octanol–water partition coefficient (Wildman–Crippen LogP) is 1.49. The standard InChI is InChI=1S/C12H27NO2/c1-3-5-6-12(4-2)11-13(7-9-14)8-10-15/h12,14-15H,3-11H2,1-2H3. The molecule has 0 spiro atoms. The fourth-order valence-electron chi connectivity index (χ4n) is 1.86. The molecule has 0 amide bonds. The molecule has 0 aliphatic carbocycles. The first-order valence-corrected chi connectivity index (χ1v) is 6.22. The summed E-state index contributed by atoms with van der Waals surface area (Å²) in [6.07, 6.45) is 4.98. The van der Waals surface area contributed by atoms with Gasteiger partial charge in [0.15, 0.2) is 0 Å². The Morgan fingerprint density at radius 3 is 2.07 bits per heavy atom. The first-order chi connectivity index (χ1) is 7.28. The molecule has 0 heterocycles. The molecule has 1 atom stereocenters. The Morgan fingerprint density at radius 2 is 1.67 bits per heavy atom. The summed E-state index contributed by atoms with van der Waals surface area (Å²) >= 11 is 0. The first-order valence-electron chi connectivity index (χ1n) is 6.22. The van der Waals surface area contributed by atoms with Crippen molar-refractivity contribution in [3.8, 4) is 0 Å². The number of aliphatic hydroxyl groups excluding tert-OH is 2. The molecule has 92 valence electrons. The predicted molar refractivity (Wildman–Crippen MR) is 63.9 cm³/mol. The molecule has 0 rings (SSSR count). The number of rotatable bonds is 10. The van der Waals surface area contributed by atoms with Crippen molar-refractivity contribution in [2.75, 3.05) is 32.8 Å². The molecule has 15 heavy (non-hydrogen) atoms. The van der Waals surface area contributed by atoms with Crippen molar-refractivity contribution in [3.63, 3.8) is 0 Å². The highest BCUT2D eigenvalue weighted by Crippen LogP contribution is 2.13. The van der Waals surface area contributed by atoms with Crippen LogP contribution in [0.4, 0.5) is 0 Å². The number of nitrogens with zero attached hydrogens (tertiary/aromatic N) is 1. The van der Waals surface area contributed by atoms with Gasteiger partial charge in [-0.3, -0.25) is 4.90 Å². The van der Waals surface area contributed by atoms with Gasteiger partial charge in [0.25, 0.3) is 0 Å². The summed E-state index contributed by atoms with van der Waals surface area (Å²) in [5.74, 6) is 0.711. The maximum absolute atomic E-state index is 8.90. The van der Waals surface area contributed by atoms with Gasteiger partial charge >= 0.3 is 0 Å². The monoisotopic (exact) mass is 217 g/mol. The lowest BCUT2D eigenvalue weighted by Crippen LogP contribution is -2.34. The van der Waals surface area contributed by atoms with Crippen LogP contribution < -0.4 is 0 Å². The van der Waals surface area contributed by atoms with Crippen molar-refractivity contribution in [3.05, 3.63) is 0 Å². The topological polar surface area (TPSA) is 43.7 Å². The Hall–Kier alpha value is -0.120. The van der Waals surface area contributed by atoms with Crippen LogP contribution in [0.1, 0.15) is 39.5 Å². The van der Waals surface area contributed by atoms with E-state index in [0.29, 0.717) is 19.0 Å². The van der Waals surface area contributed by atoms with Gasteiger partial charge in [0, 0.05) is 19.6 Å². The third-order valence-corrected chi connectivity index (χ3v) is 2.89. The van der Waals surface area contributed by atoms with Crippen LogP contribution >= 0.6 is 0 Å². The summed E-state index contributed by atoms with van der Waals surface area (Å²) in [5, 5.41) is 17.8. The van der Waals surface area contributed by atoms with Crippen molar-refractivity contribution in [1.82, 2.24) is 4.90 Å². The molecule has 0 saturated heterocycles. The van der Waals surface area contributed by atoms with Gasteiger partial charge in [0.05, 0.1) is 13.2 Å². The zero-order valence-electron chi connectivity index (χ0n) is 10.3. The second-order valence-corrected chi connectivity index (χ2v) is 4.16. The Kier molecular flexibility index (Phi) is 10.3. The van der Waals surface area contributed by atoms with Crippen molar-refractivity contribution in [2.24, 2.45) is 5.92 Å². The molecule has 0 aromatic heterocycles. The lowest BCUT2D eigenvalue weighted by Gasteiger charge is -2.25. The van der Waals surface area contributed by atoms with E-state index in [4.69, 9.17) is 10.2 Å². The van der Waals surface area contributed by atoms with E-state index in [1.165, 1.54) is 25.7 Å². The average molecular weight is 217 g/mol. The van der Waals surface area contributed by atoms with Crippen molar-refractivity contribution >= 4 is 0 Å². The molecular weight excluding hydrogens is 190 g/mol. The van der Waals surface area contributed by atoms with E-state index in [1.807, 2.05) is 0 Å². The zero-order chi connectivity index (χ0) is 11.5. The van der Waals surface area contributed by atoms with Crippen molar-refractivity contribution < 1.29 is 10.2 Å². The van der Waals surface area contributed by atoms with Gasteiger partial charge in [0.1, 0.15) is 0 Å². The van der Waals surface area contributed by atoms with E-state index in [1.54, 1.807) is 0 Å². The molecule has 3 heteroatoms. The molecule has 0 bridgehead atoms. The fourth-order valence-corrected chi connectivity index (χ4v) is 1.86. The second-order valence-electron chi connectivity index (χ2n) is 4.16. The van der Waals surface area contributed by atoms with Crippen LogP contribution in [0.15, 0.2) is 0 Å². The lowest BCUT2D eigenvalue weighted by atomic mass is 9.99. The molecule has 0 aliphatic rings. The number of unbranched alkanes of at least 4 members (excludes halogenated alkanes) is 1. The van der Waals surface area contributed by atoms with Crippen LogP contribution in [-0.4, -0.2) is 48.0 Å². The Morgan fingerprint density at radius 1 is 1.07 bits per heavy atom. The van der Waals surface area contributed by atoms with Gasteiger partial charge < -0.3 is 10.2 Å². The number of aliphatic hydroxyl groups is 2.